The number of benzene rings is 1. The maximum atomic E-state index is 3.49. The average Bonchev–Trinajstić information content (AvgIpc) is 2.07. The third kappa shape index (κ3) is 2.60. The summed E-state index contributed by atoms with van der Waals surface area (Å²) >= 11 is 3.49. The van der Waals surface area contributed by atoms with Gasteiger partial charge >= 0.3 is 0 Å². The lowest BCUT2D eigenvalue weighted by Crippen LogP contribution is -2.55. The van der Waals surface area contributed by atoms with E-state index in [2.05, 4.69) is 58.3 Å². The summed E-state index contributed by atoms with van der Waals surface area (Å²) in [5, 5.41) is 3.30. The fourth-order valence-corrected chi connectivity index (χ4v) is 2.30. The van der Waals surface area contributed by atoms with E-state index in [0.717, 1.165) is 24.1 Å². The second-order valence-electron chi connectivity index (χ2n) is 4.30. The van der Waals surface area contributed by atoms with E-state index in [9.17, 15) is 0 Å². The molecule has 0 bridgehead atoms. The molecule has 0 saturated carbocycles. The summed E-state index contributed by atoms with van der Waals surface area (Å²) in [5.74, 6) is 0. The number of halogens is 1. The predicted molar refractivity (Wildman–Crippen MR) is 67.0 cm³/mol. The van der Waals surface area contributed by atoms with Gasteiger partial charge in [0, 0.05) is 30.1 Å². The molecule has 0 aliphatic carbocycles. The van der Waals surface area contributed by atoms with Crippen LogP contribution in [0.25, 0.3) is 0 Å². The SMILES string of the molecule is Cc1cc(Br)ccc1CN(C)C1CNC1. The molecule has 1 aromatic rings. The Labute approximate surface area is 99.8 Å². The van der Waals surface area contributed by atoms with Crippen molar-refractivity contribution in [2.24, 2.45) is 0 Å². The lowest BCUT2D eigenvalue weighted by atomic mass is 10.1. The predicted octanol–water partition coefficient (Wildman–Crippen LogP) is 2.16. The van der Waals surface area contributed by atoms with Gasteiger partial charge in [0.2, 0.25) is 0 Å². The van der Waals surface area contributed by atoms with Crippen LogP contribution in [0.4, 0.5) is 0 Å². The van der Waals surface area contributed by atoms with Crippen LogP contribution in [0.2, 0.25) is 0 Å². The summed E-state index contributed by atoms with van der Waals surface area (Å²) in [6, 6.07) is 7.23. The fourth-order valence-electron chi connectivity index (χ4n) is 1.82. The highest BCUT2D eigenvalue weighted by Crippen LogP contribution is 2.18. The van der Waals surface area contributed by atoms with Crippen LogP contribution >= 0.6 is 15.9 Å². The minimum Gasteiger partial charge on any atom is -0.314 e. The van der Waals surface area contributed by atoms with Gasteiger partial charge in [-0.15, -0.1) is 0 Å². The monoisotopic (exact) mass is 268 g/mol. The third-order valence-electron chi connectivity index (χ3n) is 3.11. The molecule has 0 amide bonds. The first-order valence-corrected chi connectivity index (χ1v) is 6.12. The quantitative estimate of drug-likeness (QED) is 0.904. The van der Waals surface area contributed by atoms with E-state index in [1.165, 1.54) is 11.1 Å². The highest BCUT2D eigenvalue weighted by Gasteiger charge is 2.21. The topological polar surface area (TPSA) is 15.3 Å². The second kappa shape index (κ2) is 4.64. The molecule has 1 aromatic carbocycles. The molecule has 1 N–H and O–H groups in total. The molecular weight excluding hydrogens is 252 g/mol. The van der Waals surface area contributed by atoms with Gasteiger partial charge in [-0.3, -0.25) is 4.90 Å². The molecule has 2 rings (SSSR count). The Hall–Kier alpha value is -0.380. The van der Waals surface area contributed by atoms with E-state index in [1.807, 2.05) is 0 Å². The summed E-state index contributed by atoms with van der Waals surface area (Å²) in [7, 11) is 2.20. The molecule has 1 heterocycles. The van der Waals surface area contributed by atoms with Crippen molar-refractivity contribution >= 4 is 15.9 Å². The molecule has 1 aliphatic rings. The Kier molecular flexibility index (Phi) is 3.44. The summed E-state index contributed by atoms with van der Waals surface area (Å²) in [5.41, 5.74) is 2.79. The molecule has 1 saturated heterocycles. The number of rotatable bonds is 3. The van der Waals surface area contributed by atoms with E-state index < -0.39 is 0 Å². The van der Waals surface area contributed by atoms with Crippen molar-refractivity contribution in [3.63, 3.8) is 0 Å². The number of aryl methyl sites for hydroxylation is 1. The minimum absolute atomic E-state index is 0.716. The standard InChI is InChI=1S/C12H17BrN2/c1-9-5-11(13)4-3-10(9)8-15(2)12-6-14-7-12/h3-5,12,14H,6-8H2,1-2H3. The molecule has 0 unspecified atom stereocenters. The molecule has 2 nitrogen and oxygen atoms in total. The fraction of sp³-hybridized carbons (Fsp3) is 0.500. The van der Waals surface area contributed by atoms with Crippen molar-refractivity contribution in [3.8, 4) is 0 Å². The van der Waals surface area contributed by atoms with Gasteiger partial charge in [-0.05, 0) is 37.2 Å². The zero-order valence-corrected chi connectivity index (χ0v) is 10.8. The lowest BCUT2D eigenvalue weighted by molar-refractivity contribution is 0.173. The van der Waals surface area contributed by atoms with E-state index in [4.69, 9.17) is 0 Å². The van der Waals surface area contributed by atoms with Gasteiger partial charge in [0.1, 0.15) is 0 Å². The molecule has 1 aliphatic heterocycles. The van der Waals surface area contributed by atoms with Crippen LogP contribution in [0.5, 0.6) is 0 Å². The number of hydrogen-bond acceptors (Lipinski definition) is 2. The molecule has 0 radical (unpaired) electrons. The average molecular weight is 269 g/mol. The number of likely N-dealkylation sites (N-methyl/N-ethyl adjacent to an activating group) is 1. The largest absolute Gasteiger partial charge is 0.314 e. The zero-order valence-electron chi connectivity index (χ0n) is 9.26. The van der Waals surface area contributed by atoms with Crippen LogP contribution in [0.15, 0.2) is 22.7 Å². The minimum atomic E-state index is 0.716. The van der Waals surface area contributed by atoms with Gasteiger partial charge in [-0.1, -0.05) is 22.0 Å². The molecular formula is C12H17BrN2. The Bertz CT molecular complexity index is 347. The molecule has 0 atom stereocenters. The molecule has 82 valence electrons. The second-order valence-corrected chi connectivity index (χ2v) is 5.21. The van der Waals surface area contributed by atoms with Crippen LogP contribution in [0.1, 0.15) is 11.1 Å². The molecule has 1 fully saturated rings. The van der Waals surface area contributed by atoms with Crippen LogP contribution in [-0.2, 0) is 6.54 Å². The van der Waals surface area contributed by atoms with Gasteiger partial charge < -0.3 is 5.32 Å². The first-order valence-electron chi connectivity index (χ1n) is 5.33. The Balaban J connectivity index is 2.03. The highest BCUT2D eigenvalue weighted by molar-refractivity contribution is 9.10. The summed E-state index contributed by atoms with van der Waals surface area (Å²) in [6.07, 6.45) is 0. The van der Waals surface area contributed by atoms with E-state index in [-0.39, 0.29) is 0 Å². The molecule has 3 heteroatoms. The smallest absolute Gasteiger partial charge is 0.0345 e. The van der Waals surface area contributed by atoms with Gasteiger partial charge in [0.05, 0.1) is 0 Å². The van der Waals surface area contributed by atoms with Crippen molar-refractivity contribution in [1.82, 2.24) is 10.2 Å². The summed E-state index contributed by atoms with van der Waals surface area (Å²) < 4.78 is 1.16. The molecule has 15 heavy (non-hydrogen) atoms. The Morgan fingerprint density at radius 3 is 2.73 bits per heavy atom. The van der Waals surface area contributed by atoms with Crippen LogP contribution in [0, 0.1) is 6.92 Å². The van der Waals surface area contributed by atoms with E-state index >= 15 is 0 Å². The number of hydrogen-bond donors (Lipinski definition) is 1. The first kappa shape index (κ1) is 11.1. The van der Waals surface area contributed by atoms with Crippen molar-refractivity contribution < 1.29 is 0 Å². The highest BCUT2D eigenvalue weighted by atomic mass is 79.9. The van der Waals surface area contributed by atoms with Crippen molar-refractivity contribution in [2.75, 3.05) is 20.1 Å². The number of nitrogens with zero attached hydrogens (tertiary/aromatic N) is 1. The third-order valence-corrected chi connectivity index (χ3v) is 3.60. The first-order chi connectivity index (χ1) is 7.16. The zero-order chi connectivity index (χ0) is 10.8. The Morgan fingerprint density at radius 1 is 1.47 bits per heavy atom. The van der Waals surface area contributed by atoms with E-state index in [1.54, 1.807) is 0 Å². The summed E-state index contributed by atoms with van der Waals surface area (Å²) in [6.45, 7) is 5.48. The maximum Gasteiger partial charge on any atom is 0.0345 e. The van der Waals surface area contributed by atoms with Gasteiger partial charge in [0.25, 0.3) is 0 Å². The van der Waals surface area contributed by atoms with Gasteiger partial charge in [0.15, 0.2) is 0 Å². The summed E-state index contributed by atoms with van der Waals surface area (Å²) in [4.78, 5) is 2.42. The van der Waals surface area contributed by atoms with Gasteiger partial charge in [-0.25, -0.2) is 0 Å². The normalized spacial score (nSPS) is 16.8. The van der Waals surface area contributed by atoms with Crippen LogP contribution in [-0.4, -0.2) is 31.1 Å². The van der Waals surface area contributed by atoms with E-state index in [0.29, 0.717) is 6.04 Å². The maximum absolute atomic E-state index is 3.49. The van der Waals surface area contributed by atoms with Crippen molar-refractivity contribution in [1.29, 1.82) is 0 Å². The lowest BCUT2D eigenvalue weighted by Gasteiger charge is -2.35. The van der Waals surface area contributed by atoms with Crippen LogP contribution < -0.4 is 5.32 Å². The van der Waals surface area contributed by atoms with Crippen molar-refractivity contribution in [3.05, 3.63) is 33.8 Å². The van der Waals surface area contributed by atoms with Crippen molar-refractivity contribution in [2.45, 2.75) is 19.5 Å². The molecule has 0 aromatic heterocycles. The number of nitrogens with one attached hydrogen (secondary N) is 1. The van der Waals surface area contributed by atoms with Crippen LogP contribution in [0.3, 0.4) is 0 Å². The Morgan fingerprint density at radius 2 is 2.20 bits per heavy atom. The molecule has 0 spiro atoms. The van der Waals surface area contributed by atoms with Gasteiger partial charge in [-0.2, -0.15) is 0 Å².